The molecule has 116 valence electrons. The van der Waals surface area contributed by atoms with Crippen LogP contribution < -0.4 is 5.76 Å². The van der Waals surface area contributed by atoms with Gasteiger partial charge in [0.1, 0.15) is 12.4 Å². The van der Waals surface area contributed by atoms with Crippen molar-refractivity contribution in [1.29, 1.82) is 0 Å². The van der Waals surface area contributed by atoms with Gasteiger partial charge in [0, 0.05) is 5.56 Å². The zero-order valence-corrected chi connectivity index (χ0v) is 12.4. The Morgan fingerprint density at radius 2 is 1.96 bits per heavy atom. The Kier molecular flexibility index (Phi) is 2.81. The van der Waals surface area contributed by atoms with Gasteiger partial charge in [-0.15, -0.1) is 0 Å². The van der Waals surface area contributed by atoms with Crippen LogP contribution in [0.3, 0.4) is 0 Å². The fourth-order valence-electron chi connectivity index (χ4n) is 3.08. The van der Waals surface area contributed by atoms with Gasteiger partial charge in [-0.05, 0) is 42.8 Å². The van der Waals surface area contributed by atoms with E-state index in [9.17, 15) is 14.7 Å². The summed E-state index contributed by atoms with van der Waals surface area (Å²) in [5, 5.41) is 9.63. The number of oxazole rings is 1. The molecular weight excluding hydrogens is 296 g/mol. The number of rotatable bonds is 2. The Morgan fingerprint density at radius 3 is 2.78 bits per heavy atom. The Hall–Kier alpha value is -3.02. The molecule has 0 radical (unpaired) electrons. The Labute approximate surface area is 131 Å². The molecule has 1 unspecified atom stereocenters. The molecule has 0 bridgehead atoms. The van der Waals surface area contributed by atoms with E-state index in [1.807, 2.05) is 13.0 Å². The summed E-state index contributed by atoms with van der Waals surface area (Å²) >= 11 is 0. The van der Waals surface area contributed by atoms with Gasteiger partial charge in [0.15, 0.2) is 5.58 Å². The van der Waals surface area contributed by atoms with Crippen LogP contribution in [-0.4, -0.2) is 20.5 Å². The molecule has 4 rings (SSSR count). The summed E-state index contributed by atoms with van der Waals surface area (Å²) in [6, 6.07) is 11.6. The first-order valence-electron chi connectivity index (χ1n) is 7.28. The van der Waals surface area contributed by atoms with E-state index >= 15 is 0 Å². The maximum atomic E-state index is 12.6. The highest BCUT2D eigenvalue weighted by molar-refractivity contribution is 5.99. The van der Waals surface area contributed by atoms with Gasteiger partial charge in [-0.3, -0.25) is 9.36 Å². The second-order valence-corrected chi connectivity index (χ2v) is 5.63. The molecule has 0 saturated carbocycles. The quantitative estimate of drug-likeness (QED) is 0.789. The van der Waals surface area contributed by atoms with Crippen molar-refractivity contribution in [1.82, 2.24) is 9.47 Å². The van der Waals surface area contributed by atoms with Gasteiger partial charge in [0.2, 0.25) is 0 Å². The summed E-state index contributed by atoms with van der Waals surface area (Å²) in [5.74, 6) is -0.536. The third kappa shape index (κ3) is 1.95. The molecule has 6 nitrogen and oxygen atoms in total. The number of aromatic hydroxyl groups is 1. The second-order valence-electron chi connectivity index (χ2n) is 5.63. The number of carbonyl (C=O) groups excluding carboxylic acids is 1. The molecule has 1 atom stereocenters. The van der Waals surface area contributed by atoms with Crippen LogP contribution in [0, 0.1) is 0 Å². The van der Waals surface area contributed by atoms with Crippen molar-refractivity contribution in [2.75, 3.05) is 0 Å². The van der Waals surface area contributed by atoms with Crippen LogP contribution in [0.1, 0.15) is 28.9 Å². The number of fused-ring (bicyclic) bond motifs is 2. The molecule has 23 heavy (non-hydrogen) atoms. The third-order valence-electron chi connectivity index (χ3n) is 4.31. The molecule has 0 saturated heterocycles. The van der Waals surface area contributed by atoms with Crippen LogP contribution in [0.2, 0.25) is 0 Å². The number of aromatic nitrogens is 1. The first-order chi connectivity index (χ1) is 11.1. The molecular formula is C17H14N2O4. The monoisotopic (exact) mass is 310 g/mol. The van der Waals surface area contributed by atoms with E-state index in [4.69, 9.17) is 4.42 Å². The summed E-state index contributed by atoms with van der Waals surface area (Å²) in [6.45, 7) is 1.97. The number of phenolic OH excluding ortho intramolecular Hbond substituents is 1. The normalized spacial score (nSPS) is 17.0. The molecule has 0 fully saturated rings. The van der Waals surface area contributed by atoms with Crippen molar-refractivity contribution in [2.45, 2.75) is 19.6 Å². The Bertz CT molecular complexity index is 986. The van der Waals surface area contributed by atoms with Gasteiger partial charge in [-0.1, -0.05) is 12.1 Å². The smallest absolute Gasteiger partial charge is 0.421 e. The van der Waals surface area contributed by atoms with Gasteiger partial charge in [0.05, 0.1) is 11.6 Å². The molecule has 1 aliphatic heterocycles. The largest absolute Gasteiger partial charge is 0.508 e. The van der Waals surface area contributed by atoms with E-state index in [0.717, 1.165) is 5.56 Å². The average molecular weight is 310 g/mol. The lowest BCUT2D eigenvalue weighted by Crippen LogP contribution is -2.32. The minimum atomic E-state index is -0.495. The number of phenols is 1. The lowest BCUT2D eigenvalue weighted by molar-refractivity contribution is 0.0672. The first-order valence-corrected chi connectivity index (χ1v) is 7.28. The van der Waals surface area contributed by atoms with Crippen LogP contribution in [-0.2, 0) is 6.67 Å². The summed E-state index contributed by atoms with van der Waals surface area (Å²) in [5.41, 5.74) is 2.45. The number of amides is 1. The highest BCUT2D eigenvalue weighted by Gasteiger charge is 2.34. The molecule has 1 aliphatic rings. The summed E-state index contributed by atoms with van der Waals surface area (Å²) in [4.78, 5) is 26.3. The Balaban J connectivity index is 1.76. The molecule has 1 aromatic heterocycles. The van der Waals surface area contributed by atoms with Crippen molar-refractivity contribution in [2.24, 2.45) is 0 Å². The summed E-state index contributed by atoms with van der Waals surface area (Å²) < 4.78 is 6.65. The van der Waals surface area contributed by atoms with Crippen molar-refractivity contribution < 1.29 is 14.3 Å². The number of hydrogen-bond donors (Lipinski definition) is 1. The van der Waals surface area contributed by atoms with E-state index in [1.165, 1.54) is 10.6 Å². The van der Waals surface area contributed by atoms with Crippen LogP contribution >= 0.6 is 0 Å². The van der Waals surface area contributed by atoms with Crippen LogP contribution in [0.25, 0.3) is 11.1 Å². The highest BCUT2D eigenvalue weighted by atomic mass is 16.4. The number of carbonyl (C=O) groups is 1. The predicted octanol–water partition coefficient (Wildman–Crippen LogP) is 2.47. The highest BCUT2D eigenvalue weighted by Crippen LogP contribution is 2.35. The molecule has 6 heteroatoms. The molecule has 1 amide bonds. The maximum absolute atomic E-state index is 12.6. The molecule has 2 heterocycles. The lowest BCUT2D eigenvalue weighted by Gasteiger charge is -2.22. The van der Waals surface area contributed by atoms with Crippen LogP contribution in [0.15, 0.2) is 51.7 Å². The Morgan fingerprint density at radius 1 is 1.17 bits per heavy atom. The molecule has 0 spiro atoms. The number of benzene rings is 2. The van der Waals surface area contributed by atoms with Crippen molar-refractivity contribution in [3.63, 3.8) is 0 Å². The van der Waals surface area contributed by atoms with Crippen molar-refractivity contribution in [3.05, 3.63) is 64.1 Å². The minimum absolute atomic E-state index is 0.102. The topological polar surface area (TPSA) is 75.7 Å². The minimum Gasteiger partial charge on any atom is -0.508 e. The van der Waals surface area contributed by atoms with Gasteiger partial charge >= 0.3 is 5.76 Å². The maximum Gasteiger partial charge on any atom is 0.421 e. The summed E-state index contributed by atoms with van der Waals surface area (Å²) in [6.07, 6.45) is 0. The van der Waals surface area contributed by atoms with Crippen molar-refractivity contribution in [3.8, 4) is 5.75 Å². The second kappa shape index (κ2) is 4.74. The third-order valence-corrected chi connectivity index (χ3v) is 4.31. The van der Waals surface area contributed by atoms with E-state index < -0.39 is 5.76 Å². The molecule has 2 aromatic carbocycles. The molecule has 1 N–H and O–H groups in total. The SMILES string of the molecule is CC1c2cc(O)ccc2C(=O)N1Cn1c(=O)oc2ccccc21. The van der Waals surface area contributed by atoms with Crippen LogP contribution in [0.4, 0.5) is 0 Å². The fraction of sp³-hybridized carbons (Fsp3) is 0.176. The molecule has 3 aromatic rings. The zero-order valence-electron chi connectivity index (χ0n) is 12.4. The average Bonchev–Trinajstić information content (AvgIpc) is 2.97. The number of nitrogens with zero attached hydrogens (tertiary/aromatic N) is 2. The zero-order chi connectivity index (χ0) is 16.1. The summed E-state index contributed by atoms with van der Waals surface area (Å²) in [7, 11) is 0. The van der Waals surface area contributed by atoms with E-state index in [0.29, 0.717) is 16.7 Å². The van der Waals surface area contributed by atoms with E-state index in [-0.39, 0.29) is 24.4 Å². The van der Waals surface area contributed by atoms with Crippen LogP contribution in [0.5, 0.6) is 5.75 Å². The van der Waals surface area contributed by atoms with Gasteiger partial charge in [-0.2, -0.15) is 0 Å². The van der Waals surface area contributed by atoms with E-state index in [1.54, 1.807) is 35.2 Å². The van der Waals surface area contributed by atoms with Gasteiger partial charge in [-0.25, -0.2) is 4.79 Å². The number of hydrogen-bond acceptors (Lipinski definition) is 4. The lowest BCUT2D eigenvalue weighted by atomic mass is 10.1. The number of para-hydroxylation sites is 2. The molecule has 0 aliphatic carbocycles. The first kappa shape index (κ1) is 13.6. The van der Waals surface area contributed by atoms with Crippen molar-refractivity contribution >= 4 is 17.0 Å². The fourth-order valence-corrected chi connectivity index (χ4v) is 3.08. The van der Waals surface area contributed by atoms with Gasteiger partial charge in [0.25, 0.3) is 5.91 Å². The predicted molar refractivity (Wildman–Crippen MR) is 83.2 cm³/mol. The van der Waals surface area contributed by atoms with Gasteiger partial charge < -0.3 is 14.4 Å². The van der Waals surface area contributed by atoms with E-state index in [2.05, 4.69) is 0 Å². The standard InChI is InChI=1S/C17H14N2O4/c1-10-13-8-11(20)6-7-12(13)16(21)18(10)9-19-14-4-2-3-5-15(14)23-17(19)22/h2-8,10,20H,9H2,1H3.